The largest absolute Gasteiger partial charge is 0.388 e. The molecule has 0 spiro atoms. The van der Waals surface area contributed by atoms with E-state index in [1.165, 1.54) is 6.07 Å². The highest BCUT2D eigenvalue weighted by molar-refractivity contribution is 7.99. The maximum Gasteiger partial charge on any atom is 0.272 e. The van der Waals surface area contributed by atoms with Crippen LogP contribution in [0.15, 0.2) is 23.1 Å². The normalized spacial score (nSPS) is 9.86. The molecule has 0 aromatic heterocycles. The van der Waals surface area contributed by atoms with Crippen LogP contribution in [-0.2, 0) is 0 Å². The Hall–Kier alpha value is -1.23. The van der Waals surface area contributed by atoms with Crippen LogP contribution in [-0.4, -0.2) is 17.7 Å². The van der Waals surface area contributed by atoms with E-state index in [4.69, 9.17) is 0 Å². The Kier molecular flexibility index (Phi) is 3.76. The van der Waals surface area contributed by atoms with Crippen LogP contribution in [0.1, 0.15) is 6.92 Å². The van der Waals surface area contributed by atoms with E-state index in [1.807, 2.05) is 13.0 Å². The van der Waals surface area contributed by atoms with Gasteiger partial charge in [-0.1, -0.05) is 6.92 Å². The second-order valence-corrected chi connectivity index (χ2v) is 3.99. The van der Waals surface area contributed by atoms with E-state index in [-0.39, 0.29) is 10.6 Å². The molecule has 1 rings (SSSR count). The quantitative estimate of drug-likeness (QED) is 0.473. The van der Waals surface area contributed by atoms with Crippen LogP contribution in [0.3, 0.4) is 0 Å². The minimum atomic E-state index is -0.374. The van der Waals surface area contributed by atoms with Gasteiger partial charge in [0.25, 0.3) is 5.69 Å². The van der Waals surface area contributed by atoms with Crippen molar-refractivity contribution in [2.24, 2.45) is 0 Å². The van der Waals surface area contributed by atoms with Crippen molar-refractivity contribution in [2.45, 2.75) is 11.8 Å². The Morgan fingerprint density at radius 1 is 1.50 bits per heavy atom. The number of benzene rings is 1. The molecule has 0 bridgehead atoms. The summed E-state index contributed by atoms with van der Waals surface area (Å²) in [5, 5.41) is 13.5. The van der Waals surface area contributed by atoms with E-state index in [9.17, 15) is 10.1 Å². The molecule has 1 N–H and O–H groups in total. The van der Waals surface area contributed by atoms with Crippen molar-refractivity contribution in [3.05, 3.63) is 28.3 Å². The van der Waals surface area contributed by atoms with Gasteiger partial charge in [0.2, 0.25) is 0 Å². The van der Waals surface area contributed by atoms with Crippen LogP contribution in [0.25, 0.3) is 0 Å². The average molecular weight is 212 g/mol. The van der Waals surface area contributed by atoms with Gasteiger partial charge in [0.05, 0.1) is 4.92 Å². The van der Waals surface area contributed by atoms with Crippen molar-refractivity contribution >= 4 is 23.1 Å². The number of thioether (sulfide) groups is 1. The van der Waals surface area contributed by atoms with E-state index in [1.54, 1.807) is 24.9 Å². The molecule has 1 aromatic rings. The minimum Gasteiger partial charge on any atom is -0.388 e. The molecule has 0 aliphatic heterocycles. The topological polar surface area (TPSA) is 55.2 Å². The number of nitrogens with zero attached hydrogens (tertiary/aromatic N) is 1. The van der Waals surface area contributed by atoms with Gasteiger partial charge in [-0.15, -0.1) is 11.8 Å². The van der Waals surface area contributed by atoms with Crippen LogP contribution in [0.5, 0.6) is 0 Å². The lowest BCUT2D eigenvalue weighted by molar-refractivity contribution is -0.385. The van der Waals surface area contributed by atoms with Gasteiger partial charge in [-0.05, 0) is 11.8 Å². The van der Waals surface area contributed by atoms with Crippen molar-refractivity contribution < 1.29 is 4.92 Å². The Morgan fingerprint density at radius 2 is 2.21 bits per heavy atom. The number of hydrogen-bond donors (Lipinski definition) is 1. The van der Waals surface area contributed by atoms with E-state index in [0.29, 0.717) is 0 Å². The van der Waals surface area contributed by atoms with E-state index >= 15 is 0 Å². The van der Waals surface area contributed by atoms with Crippen molar-refractivity contribution in [3.8, 4) is 0 Å². The first-order chi connectivity index (χ1) is 6.67. The highest BCUT2D eigenvalue weighted by atomic mass is 32.2. The highest BCUT2D eigenvalue weighted by Crippen LogP contribution is 2.27. The summed E-state index contributed by atoms with van der Waals surface area (Å²) >= 11 is 1.59. The number of non-ortho nitro benzene ring substituents is 1. The summed E-state index contributed by atoms with van der Waals surface area (Å²) in [7, 11) is 1.75. The van der Waals surface area contributed by atoms with Crippen LogP contribution < -0.4 is 5.32 Å². The molecule has 1 aromatic carbocycles. The number of nitrogens with one attached hydrogen (secondary N) is 1. The van der Waals surface area contributed by atoms with Crippen LogP contribution >= 0.6 is 11.8 Å². The molecule has 0 saturated carbocycles. The van der Waals surface area contributed by atoms with Gasteiger partial charge < -0.3 is 5.32 Å². The molecular weight excluding hydrogens is 200 g/mol. The highest BCUT2D eigenvalue weighted by Gasteiger charge is 2.08. The summed E-state index contributed by atoms with van der Waals surface area (Å²) in [5.74, 6) is 0.907. The summed E-state index contributed by atoms with van der Waals surface area (Å²) in [4.78, 5) is 11.1. The first kappa shape index (κ1) is 10.8. The maximum absolute atomic E-state index is 10.6. The van der Waals surface area contributed by atoms with Gasteiger partial charge in [-0.3, -0.25) is 10.1 Å². The van der Waals surface area contributed by atoms with Gasteiger partial charge >= 0.3 is 0 Å². The zero-order chi connectivity index (χ0) is 10.6. The molecule has 0 amide bonds. The van der Waals surface area contributed by atoms with Crippen LogP contribution in [0, 0.1) is 10.1 Å². The molecule has 0 fully saturated rings. The average Bonchev–Trinajstić information content (AvgIpc) is 2.17. The monoisotopic (exact) mass is 212 g/mol. The fraction of sp³-hybridized carbons (Fsp3) is 0.333. The molecule has 0 aliphatic rings. The summed E-state index contributed by atoms with van der Waals surface area (Å²) in [6.45, 7) is 2.02. The van der Waals surface area contributed by atoms with Crippen molar-refractivity contribution in [1.82, 2.24) is 0 Å². The molecule has 4 nitrogen and oxygen atoms in total. The molecule has 0 atom stereocenters. The van der Waals surface area contributed by atoms with Crippen molar-refractivity contribution in [3.63, 3.8) is 0 Å². The number of hydrogen-bond acceptors (Lipinski definition) is 4. The Balaban J connectivity index is 3.06. The Morgan fingerprint density at radius 3 is 2.71 bits per heavy atom. The summed E-state index contributed by atoms with van der Waals surface area (Å²) < 4.78 is 0. The Labute approximate surface area is 86.9 Å². The fourth-order valence-electron chi connectivity index (χ4n) is 1.08. The third-order valence-electron chi connectivity index (χ3n) is 1.70. The standard InChI is InChI=1S/C9H12N2O2S/c1-3-14-9-5-7(10-2)4-8(6-9)11(12)13/h4-6,10H,3H2,1-2H3. The predicted molar refractivity (Wildman–Crippen MR) is 59.0 cm³/mol. The lowest BCUT2D eigenvalue weighted by atomic mass is 10.3. The maximum atomic E-state index is 10.6. The number of anilines is 1. The lowest BCUT2D eigenvalue weighted by Gasteiger charge is -2.03. The minimum absolute atomic E-state index is 0.132. The molecule has 0 saturated heterocycles. The van der Waals surface area contributed by atoms with Crippen LogP contribution in [0.2, 0.25) is 0 Å². The van der Waals surface area contributed by atoms with Gasteiger partial charge in [0, 0.05) is 29.8 Å². The zero-order valence-corrected chi connectivity index (χ0v) is 8.93. The van der Waals surface area contributed by atoms with Crippen molar-refractivity contribution in [2.75, 3.05) is 18.1 Å². The van der Waals surface area contributed by atoms with Crippen LogP contribution in [0.4, 0.5) is 11.4 Å². The summed E-state index contributed by atoms with van der Waals surface area (Å²) in [5.41, 5.74) is 0.906. The molecule has 5 heteroatoms. The fourth-order valence-corrected chi connectivity index (χ4v) is 1.83. The molecule has 76 valence electrons. The van der Waals surface area contributed by atoms with E-state index < -0.39 is 0 Å². The second-order valence-electron chi connectivity index (χ2n) is 2.66. The van der Waals surface area contributed by atoms with Gasteiger partial charge in [-0.2, -0.15) is 0 Å². The predicted octanol–water partition coefficient (Wildman–Crippen LogP) is 2.75. The molecular formula is C9H12N2O2S. The SMILES string of the molecule is CCSc1cc(NC)cc([N+](=O)[O-])c1. The first-order valence-electron chi connectivity index (χ1n) is 4.27. The molecule has 0 unspecified atom stereocenters. The summed E-state index contributed by atoms with van der Waals surface area (Å²) in [6, 6.07) is 5.02. The van der Waals surface area contributed by atoms with Gasteiger partial charge in [0.15, 0.2) is 0 Å². The molecule has 0 heterocycles. The number of rotatable bonds is 4. The van der Waals surface area contributed by atoms with Crippen molar-refractivity contribution in [1.29, 1.82) is 0 Å². The first-order valence-corrected chi connectivity index (χ1v) is 5.26. The lowest BCUT2D eigenvalue weighted by Crippen LogP contribution is -1.93. The Bertz CT molecular complexity index is 342. The smallest absolute Gasteiger partial charge is 0.272 e. The van der Waals surface area contributed by atoms with E-state index in [2.05, 4.69) is 5.32 Å². The number of nitro benzene ring substituents is 1. The van der Waals surface area contributed by atoms with Gasteiger partial charge in [-0.25, -0.2) is 0 Å². The third-order valence-corrected chi connectivity index (χ3v) is 2.56. The molecule has 0 aliphatic carbocycles. The van der Waals surface area contributed by atoms with E-state index in [0.717, 1.165) is 16.3 Å². The number of nitro groups is 1. The molecule has 14 heavy (non-hydrogen) atoms. The molecule has 0 radical (unpaired) electrons. The zero-order valence-electron chi connectivity index (χ0n) is 8.11. The summed E-state index contributed by atoms with van der Waals surface area (Å²) in [6.07, 6.45) is 0. The second kappa shape index (κ2) is 4.85. The van der Waals surface area contributed by atoms with Gasteiger partial charge in [0.1, 0.15) is 0 Å². The third kappa shape index (κ3) is 2.63.